The fourth-order valence-electron chi connectivity index (χ4n) is 3.38. The molecule has 2 saturated heterocycles. The first-order valence-electron chi connectivity index (χ1n) is 8.98. The summed E-state index contributed by atoms with van der Waals surface area (Å²) < 4.78 is 33.7. The minimum Gasteiger partial charge on any atom is -0.450 e. The average molecular weight is 397 g/mol. The molecule has 8 nitrogen and oxygen atoms in total. The van der Waals surface area contributed by atoms with Gasteiger partial charge in [-0.1, -0.05) is 0 Å². The van der Waals surface area contributed by atoms with Crippen molar-refractivity contribution in [3.8, 4) is 5.75 Å². The zero-order valence-electron chi connectivity index (χ0n) is 15.3. The molecule has 2 aliphatic heterocycles. The number of anilines is 1. The van der Waals surface area contributed by atoms with E-state index in [9.17, 15) is 23.2 Å². The van der Waals surface area contributed by atoms with Gasteiger partial charge in [-0.2, -0.15) is 8.78 Å². The number of carbonyl (C=O) groups excluding carboxylic acids is 3. The molecule has 0 bridgehead atoms. The molecule has 0 N–H and O–H groups in total. The van der Waals surface area contributed by atoms with Crippen molar-refractivity contribution < 1.29 is 32.6 Å². The van der Waals surface area contributed by atoms with E-state index in [1.54, 1.807) is 11.8 Å². The summed E-state index contributed by atoms with van der Waals surface area (Å²) in [5, 5.41) is 0. The molecule has 0 aromatic heterocycles. The molecule has 1 aromatic carbocycles. The minimum absolute atomic E-state index is 0.0352. The molecule has 2 fully saturated rings. The van der Waals surface area contributed by atoms with Gasteiger partial charge in [0.05, 0.1) is 24.8 Å². The van der Waals surface area contributed by atoms with Crippen LogP contribution in [0.4, 0.5) is 19.3 Å². The molecular formula is C18H21F2N3O5. The summed E-state index contributed by atoms with van der Waals surface area (Å²) in [7, 11) is 0. The maximum atomic E-state index is 12.8. The lowest BCUT2D eigenvalue weighted by atomic mass is 10.2. The van der Waals surface area contributed by atoms with Gasteiger partial charge in [-0.25, -0.2) is 9.69 Å². The van der Waals surface area contributed by atoms with Gasteiger partial charge in [0.25, 0.3) is 5.91 Å². The highest BCUT2D eigenvalue weighted by molar-refractivity contribution is 6.22. The molecule has 3 amide bonds. The number of halogens is 2. The number of alkyl halides is 2. The summed E-state index contributed by atoms with van der Waals surface area (Å²) in [5.41, 5.74) is 0.310. The highest BCUT2D eigenvalue weighted by Crippen LogP contribution is 2.28. The van der Waals surface area contributed by atoms with Crippen LogP contribution in [0, 0.1) is 0 Å². The lowest BCUT2D eigenvalue weighted by Gasteiger charge is -2.36. The Kier molecular flexibility index (Phi) is 6.08. The van der Waals surface area contributed by atoms with Crippen molar-refractivity contribution in [2.75, 3.05) is 37.7 Å². The van der Waals surface area contributed by atoms with Gasteiger partial charge < -0.3 is 14.4 Å². The van der Waals surface area contributed by atoms with Crippen LogP contribution in [-0.2, 0) is 14.3 Å². The summed E-state index contributed by atoms with van der Waals surface area (Å²) in [5.74, 6) is -0.771. The zero-order chi connectivity index (χ0) is 20.3. The van der Waals surface area contributed by atoms with Gasteiger partial charge in [-0.3, -0.25) is 14.5 Å². The van der Waals surface area contributed by atoms with E-state index < -0.39 is 12.7 Å². The molecular weight excluding hydrogens is 376 g/mol. The molecule has 2 aliphatic rings. The Balaban J connectivity index is 1.63. The average Bonchev–Trinajstić information content (AvgIpc) is 2.97. The first-order valence-corrected chi connectivity index (χ1v) is 8.98. The Morgan fingerprint density at radius 1 is 1.14 bits per heavy atom. The van der Waals surface area contributed by atoms with Crippen molar-refractivity contribution in [2.24, 2.45) is 0 Å². The molecule has 2 heterocycles. The number of imide groups is 1. The van der Waals surface area contributed by atoms with Crippen LogP contribution in [-0.4, -0.2) is 73.1 Å². The summed E-state index contributed by atoms with van der Waals surface area (Å²) in [6, 6.07) is 4.76. The molecule has 3 rings (SSSR count). The van der Waals surface area contributed by atoms with Crippen molar-refractivity contribution in [1.82, 2.24) is 9.80 Å². The second-order valence-corrected chi connectivity index (χ2v) is 6.38. The van der Waals surface area contributed by atoms with Gasteiger partial charge in [0.2, 0.25) is 5.91 Å². The standard InChI is InChI=1S/C18H21F2N3O5/c1-2-27-18(26)22-9-7-21(8-10-22)14-11-15(24)23(16(14)25)12-3-5-13(6-4-12)28-17(19)20/h3-6,14,17H,2,7-11H2,1H3. The molecule has 10 heteroatoms. The molecule has 1 aromatic rings. The smallest absolute Gasteiger partial charge is 0.409 e. The minimum atomic E-state index is -2.95. The second kappa shape index (κ2) is 8.51. The van der Waals surface area contributed by atoms with E-state index in [0.717, 1.165) is 4.90 Å². The Hall–Kier alpha value is -2.75. The number of nitrogens with zero attached hydrogens (tertiary/aromatic N) is 3. The first-order chi connectivity index (χ1) is 13.4. The Morgan fingerprint density at radius 2 is 1.79 bits per heavy atom. The van der Waals surface area contributed by atoms with Crippen molar-refractivity contribution in [1.29, 1.82) is 0 Å². The zero-order valence-corrected chi connectivity index (χ0v) is 15.3. The Labute approximate surface area is 160 Å². The van der Waals surface area contributed by atoms with Gasteiger partial charge in [0, 0.05) is 26.2 Å². The quantitative estimate of drug-likeness (QED) is 0.704. The summed E-state index contributed by atoms with van der Waals surface area (Å²) in [6.07, 6.45) is -0.350. The number of rotatable bonds is 5. The fraction of sp³-hybridized carbons (Fsp3) is 0.500. The van der Waals surface area contributed by atoms with Crippen LogP contribution in [0.3, 0.4) is 0 Å². The van der Waals surface area contributed by atoms with E-state index in [4.69, 9.17) is 4.74 Å². The summed E-state index contributed by atoms with van der Waals surface area (Å²) in [4.78, 5) is 41.5. The summed E-state index contributed by atoms with van der Waals surface area (Å²) in [6.45, 7) is 0.822. The van der Waals surface area contributed by atoms with E-state index in [-0.39, 0.29) is 30.1 Å². The molecule has 0 spiro atoms. The number of amides is 3. The van der Waals surface area contributed by atoms with Crippen LogP contribution < -0.4 is 9.64 Å². The number of benzene rings is 1. The largest absolute Gasteiger partial charge is 0.450 e. The Morgan fingerprint density at radius 3 is 2.36 bits per heavy atom. The van der Waals surface area contributed by atoms with E-state index in [1.165, 1.54) is 24.3 Å². The topological polar surface area (TPSA) is 79.4 Å². The predicted molar refractivity (Wildman–Crippen MR) is 94.1 cm³/mol. The van der Waals surface area contributed by atoms with Gasteiger partial charge in [0.15, 0.2) is 0 Å². The van der Waals surface area contributed by atoms with Gasteiger partial charge >= 0.3 is 12.7 Å². The number of hydrogen-bond donors (Lipinski definition) is 0. The van der Waals surface area contributed by atoms with Crippen LogP contribution in [0.5, 0.6) is 5.75 Å². The van der Waals surface area contributed by atoms with Crippen molar-refractivity contribution >= 4 is 23.6 Å². The SMILES string of the molecule is CCOC(=O)N1CCN(C2CC(=O)N(c3ccc(OC(F)F)cc3)C2=O)CC1. The van der Waals surface area contributed by atoms with Crippen LogP contribution in [0.2, 0.25) is 0 Å². The molecule has 28 heavy (non-hydrogen) atoms. The third-order valence-corrected chi connectivity index (χ3v) is 4.72. The van der Waals surface area contributed by atoms with Crippen molar-refractivity contribution in [2.45, 2.75) is 26.0 Å². The van der Waals surface area contributed by atoms with Crippen molar-refractivity contribution in [3.05, 3.63) is 24.3 Å². The van der Waals surface area contributed by atoms with E-state index in [1.807, 2.05) is 4.90 Å². The lowest BCUT2D eigenvalue weighted by Crippen LogP contribution is -2.54. The van der Waals surface area contributed by atoms with Gasteiger partial charge in [0.1, 0.15) is 5.75 Å². The summed E-state index contributed by atoms with van der Waals surface area (Å²) >= 11 is 0. The first kappa shape index (κ1) is 20.0. The van der Waals surface area contributed by atoms with E-state index in [0.29, 0.717) is 38.5 Å². The molecule has 0 radical (unpaired) electrons. The molecule has 1 unspecified atom stereocenters. The second-order valence-electron chi connectivity index (χ2n) is 6.38. The number of piperazine rings is 1. The van der Waals surface area contributed by atoms with Crippen LogP contribution in [0.15, 0.2) is 24.3 Å². The Bertz CT molecular complexity index is 735. The third-order valence-electron chi connectivity index (χ3n) is 4.72. The van der Waals surface area contributed by atoms with Crippen LogP contribution in [0.25, 0.3) is 0 Å². The van der Waals surface area contributed by atoms with E-state index >= 15 is 0 Å². The third kappa shape index (κ3) is 4.22. The maximum Gasteiger partial charge on any atom is 0.409 e. The highest BCUT2D eigenvalue weighted by atomic mass is 19.3. The predicted octanol–water partition coefficient (Wildman–Crippen LogP) is 1.69. The number of hydrogen-bond acceptors (Lipinski definition) is 6. The number of carbonyl (C=O) groups is 3. The monoisotopic (exact) mass is 397 g/mol. The molecule has 152 valence electrons. The van der Waals surface area contributed by atoms with Crippen LogP contribution >= 0.6 is 0 Å². The van der Waals surface area contributed by atoms with Gasteiger partial charge in [-0.05, 0) is 31.2 Å². The fourth-order valence-corrected chi connectivity index (χ4v) is 3.38. The highest BCUT2D eigenvalue weighted by Gasteiger charge is 2.43. The molecule has 0 saturated carbocycles. The van der Waals surface area contributed by atoms with Crippen molar-refractivity contribution in [3.63, 3.8) is 0 Å². The molecule has 1 atom stereocenters. The normalized spacial score (nSPS) is 20.8. The lowest BCUT2D eigenvalue weighted by molar-refractivity contribution is -0.123. The van der Waals surface area contributed by atoms with Gasteiger partial charge in [-0.15, -0.1) is 0 Å². The number of ether oxygens (including phenoxy) is 2. The maximum absolute atomic E-state index is 12.8. The molecule has 0 aliphatic carbocycles. The van der Waals surface area contributed by atoms with Crippen LogP contribution in [0.1, 0.15) is 13.3 Å². The van der Waals surface area contributed by atoms with E-state index in [2.05, 4.69) is 4.74 Å².